The minimum Gasteiger partial charge on any atom is -0.315 e. The molecule has 3 rings (SSSR count). The van der Waals surface area contributed by atoms with Crippen LogP contribution in [0.5, 0.6) is 0 Å². The van der Waals surface area contributed by atoms with Crippen LogP contribution in [0.1, 0.15) is 52.4 Å². The SMILES string of the molecule is CC(C)CCC(C1CC1)N1CCCC2CNCC21. The number of piperidine rings is 1. The van der Waals surface area contributed by atoms with E-state index < -0.39 is 0 Å². The molecule has 3 fully saturated rings. The molecule has 0 aromatic carbocycles. The van der Waals surface area contributed by atoms with Gasteiger partial charge in [-0.25, -0.2) is 0 Å². The maximum absolute atomic E-state index is 3.63. The molecule has 1 N–H and O–H groups in total. The number of nitrogens with one attached hydrogen (secondary N) is 1. The largest absolute Gasteiger partial charge is 0.315 e. The average Bonchev–Trinajstić information content (AvgIpc) is 3.06. The van der Waals surface area contributed by atoms with Crippen LogP contribution in [0.3, 0.4) is 0 Å². The molecule has 2 heteroatoms. The van der Waals surface area contributed by atoms with Crippen molar-refractivity contribution < 1.29 is 0 Å². The van der Waals surface area contributed by atoms with Gasteiger partial charge in [0.25, 0.3) is 0 Å². The lowest BCUT2D eigenvalue weighted by atomic mass is 9.88. The van der Waals surface area contributed by atoms with E-state index in [0.29, 0.717) is 0 Å². The molecule has 3 atom stereocenters. The number of likely N-dealkylation sites (tertiary alicyclic amines) is 1. The second kappa shape index (κ2) is 5.50. The average molecular weight is 250 g/mol. The third-order valence-corrected chi connectivity index (χ3v) is 5.35. The molecule has 2 saturated heterocycles. The van der Waals surface area contributed by atoms with E-state index >= 15 is 0 Å². The smallest absolute Gasteiger partial charge is 0.0264 e. The molecule has 0 aromatic rings. The van der Waals surface area contributed by atoms with Crippen molar-refractivity contribution in [2.45, 2.75) is 64.5 Å². The highest BCUT2D eigenvalue weighted by Gasteiger charge is 2.42. The van der Waals surface area contributed by atoms with Crippen molar-refractivity contribution in [2.24, 2.45) is 17.8 Å². The number of fused-ring (bicyclic) bond motifs is 1. The van der Waals surface area contributed by atoms with Gasteiger partial charge in [-0.1, -0.05) is 13.8 Å². The molecule has 0 aromatic heterocycles. The van der Waals surface area contributed by atoms with Crippen molar-refractivity contribution in [1.29, 1.82) is 0 Å². The van der Waals surface area contributed by atoms with E-state index in [-0.39, 0.29) is 0 Å². The Morgan fingerprint density at radius 1 is 1.11 bits per heavy atom. The fraction of sp³-hybridized carbons (Fsp3) is 1.00. The molecular formula is C16H30N2. The standard InChI is InChI=1S/C16H30N2/c1-12(2)5-8-15(13-6-7-13)18-9-3-4-14-10-17-11-16(14)18/h12-17H,3-11H2,1-2H3. The lowest BCUT2D eigenvalue weighted by Crippen LogP contribution is -2.51. The highest BCUT2D eigenvalue weighted by molar-refractivity contribution is 4.98. The van der Waals surface area contributed by atoms with Gasteiger partial charge in [-0.05, 0) is 69.4 Å². The Labute approximate surface area is 113 Å². The zero-order valence-electron chi connectivity index (χ0n) is 12.2. The Balaban J connectivity index is 1.64. The molecule has 1 aliphatic carbocycles. The van der Waals surface area contributed by atoms with Crippen molar-refractivity contribution in [1.82, 2.24) is 10.2 Å². The van der Waals surface area contributed by atoms with Crippen LogP contribution in [0.15, 0.2) is 0 Å². The van der Waals surface area contributed by atoms with Gasteiger partial charge in [-0.2, -0.15) is 0 Å². The van der Waals surface area contributed by atoms with E-state index in [0.717, 1.165) is 29.8 Å². The van der Waals surface area contributed by atoms with Crippen LogP contribution in [0.2, 0.25) is 0 Å². The summed E-state index contributed by atoms with van der Waals surface area (Å²) in [5, 5.41) is 3.63. The molecular weight excluding hydrogens is 220 g/mol. The zero-order chi connectivity index (χ0) is 12.5. The monoisotopic (exact) mass is 250 g/mol. The van der Waals surface area contributed by atoms with Crippen LogP contribution < -0.4 is 5.32 Å². The van der Waals surface area contributed by atoms with Gasteiger partial charge >= 0.3 is 0 Å². The Bertz CT molecular complexity index is 272. The minimum atomic E-state index is 0.869. The highest BCUT2D eigenvalue weighted by Crippen LogP contribution is 2.41. The van der Waals surface area contributed by atoms with Crippen LogP contribution in [-0.4, -0.2) is 36.6 Å². The predicted octanol–water partition coefficient (Wildman–Crippen LogP) is 2.89. The van der Waals surface area contributed by atoms with Crippen LogP contribution in [0.25, 0.3) is 0 Å². The van der Waals surface area contributed by atoms with E-state index in [2.05, 4.69) is 24.1 Å². The molecule has 18 heavy (non-hydrogen) atoms. The first-order valence-electron chi connectivity index (χ1n) is 8.22. The van der Waals surface area contributed by atoms with Crippen molar-refractivity contribution >= 4 is 0 Å². The number of rotatable bonds is 5. The normalized spacial score (nSPS) is 34.8. The van der Waals surface area contributed by atoms with E-state index in [1.165, 1.54) is 58.2 Å². The molecule has 0 spiro atoms. The van der Waals surface area contributed by atoms with Gasteiger partial charge in [0.15, 0.2) is 0 Å². The van der Waals surface area contributed by atoms with E-state index in [1.54, 1.807) is 0 Å². The van der Waals surface area contributed by atoms with Crippen molar-refractivity contribution in [3.63, 3.8) is 0 Å². The van der Waals surface area contributed by atoms with Gasteiger partial charge in [0.05, 0.1) is 0 Å². The van der Waals surface area contributed by atoms with Crippen molar-refractivity contribution in [2.75, 3.05) is 19.6 Å². The van der Waals surface area contributed by atoms with E-state index in [4.69, 9.17) is 0 Å². The Kier molecular flexibility index (Phi) is 3.95. The van der Waals surface area contributed by atoms with E-state index in [9.17, 15) is 0 Å². The Morgan fingerprint density at radius 2 is 1.94 bits per heavy atom. The molecule has 2 aliphatic heterocycles. The van der Waals surface area contributed by atoms with Gasteiger partial charge < -0.3 is 5.32 Å². The molecule has 104 valence electrons. The summed E-state index contributed by atoms with van der Waals surface area (Å²) >= 11 is 0. The van der Waals surface area contributed by atoms with Crippen LogP contribution >= 0.6 is 0 Å². The second-order valence-corrected chi connectivity index (χ2v) is 7.24. The second-order valence-electron chi connectivity index (χ2n) is 7.24. The van der Waals surface area contributed by atoms with Crippen molar-refractivity contribution in [3.05, 3.63) is 0 Å². The summed E-state index contributed by atoms with van der Waals surface area (Å²) < 4.78 is 0. The predicted molar refractivity (Wildman–Crippen MR) is 76.7 cm³/mol. The molecule has 2 nitrogen and oxygen atoms in total. The fourth-order valence-corrected chi connectivity index (χ4v) is 4.17. The molecule has 1 saturated carbocycles. The van der Waals surface area contributed by atoms with E-state index in [1.807, 2.05) is 0 Å². The minimum absolute atomic E-state index is 0.869. The molecule has 0 amide bonds. The lowest BCUT2D eigenvalue weighted by Gasteiger charge is -2.43. The molecule has 0 bridgehead atoms. The first kappa shape index (κ1) is 12.9. The van der Waals surface area contributed by atoms with Gasteiger partial charge in [0, 0.05) is 18.6 Å². The first-order valence-corrected chi connectivity index (χ1v) is 8.22. The highest BCUT2D eigenvalue weighted by atomic mass is 15.2. The number of hydrogen-bond acceptors (Lipinski definition) is 2. The summed E-state index contributed by atoms with van der Waals surface area (Å²) in [6.07, 6.45) is 8.78. The third kappa shape index (κ3) is 2.75. The molecule has 3 aliphatic rings. The first-order chi connectivity index (χ1) is 8.75. The molecule has 3 unspecified atom stereocenters. The summed E-state index contributed by atoms with van der Waals surface area (Å²) in [5.74, 6) is 2.87. The van der Waals surface area contributed by atoms with Crippen LogP contribution in [0, 0.1) is 17.8 Å². The summed E-state index contributed by atoms with van der Waals surface area (Å²) in [6, 6.07) is 1.79. The topological polar surface area (TPSA) is 15.3 Å². The fourth-order valence-electron chi connectivity index (χ4n) is 4.17. The Morgan fingerprint density at radius 3 is 2.67 bits per heavy atom. The lowest BCUT2D eigenvalue weighted by molar-refractivity contribution is 0.0591. The maximum Gasteiger partial charge on any atom is 0.0264 e. The summed E-state index contributed by atoms with van der Waals surface area (Å²) in [5.41, 5.74) is 0. The third-order valence-electron chi connectivity index (χ3n) is 5.35. The van der Waals surface area contributed by atoms with Gasteiger partial charge in [-0.15, -0.1) is 0 Å². The summed E-state index contributed by atoms with van der Waals surface area (Å²) in [7, 11) is 0. The quantitative estimate of drug-likeness (QED) is 0.807. The maximum atomic E-state index is 3.63. The van der Waals surface area contributed by atoms with Crippen LogP contribution in [-0.2, 0) is 0 Å². The molecule has 0 radical (unpaired) electrons. The Hall–Kier alpha value is -0.0800. The summed E-state index contributed by atoms with van der Waals surface area (Å²) in [4.78, 5) is 2.92. The van der Waals surface area contributed by atoms with Gasteiger partial charge in [0.2, 0.25) is 0 Å². The van der Waals surface area contributed by atoms with Gasteiger partial charge in [-0.3, -0.25) is 4.90 Å². The number of hydrogen-bond donors (Lipinski definition) is 1. The number of nitrogens with zero attached hydrogens (tertiary/aromatic N) is 1. The van der Waals surface area contributed by atoms with Gasteiger partial charge in [0.1, 0.15) is 0 Å². The van der Waals surface area contributed by atoms with Crippen LogP contribution in [0.4, 0.5) is 0 Å². The van der Waals surface area contributed by atoms with Crippen molar-refractivity contribution in [3.8, 4) is 0 Å². The summed E-state index contributed by atoms with van der Waals surface area (Å²) in [6.45, 7) is 8.67. The molecule has 2 heterocycles. The zero-order valence-corrected chi connectivity index (χ0v) is 12.2.